The van der Waals surface area contributed by atoms with Crippen LogP contribution in [0, 0.1) is 5.92 Å². The van der Waals surface area contributed by atoms with Crippen LogP contribution in [-0.2, 0) is 13.8 Å². The van der Waals surface area contributed by atoms with Crippen molar-refractivity contribution in [2.45, 2.75) is 44.9 Å². The van der Waals surface area contributed by atoms with E-state index in [9.17, 15) is 9.46 Å². The lowest BCUT2D eigenvalue weighted by Gasteiger charge is -2.25. The Morgan fingerprint density at radius 3 is 2.65 bits per heavy atom. The summed E-state index contributed by atoms with van der Waals surface area (Å²) in [6.07, 6.45) is 4.65. The maximum atomic E-state index is 11.5. The minimum atomic E-state index is -3.51. The molecule has 0 aliphatic heterocycles. The Bertz CT molecular complexity index is 500. The molecule has 23 heavy (non-hydrogen) atoms. The molecule has 1 aliphatic carbocycles. The van der Waals surface area contributed by atoms with Gasteiger partial charge in [-0.15, -0.1) is 0 Å². The first-order chi connectivity index (χ1) is 10.7. The summed E-state index contributed by atoms with van der Waals surface area (Å²) in [4.78, 5) is 9.41. The van der Waals surface area contributed by atoms with Crippen molar-refractivity contribution in [3.05, 3.63) is 36.8 Å². The van der Waals surface area contributed by atoms with Crippen molar-refractivity contribution in [3.63, 3.8) is 0 Å². The maximum absolute atomic E-state index is 11.5. The van der Waals surface area contributed by atoms with Gasteiger partial charge in [-0.25, -0.2) is 0 Å². The second-order valence-electron chi connectivity index (χ2n) is 6.04. The van der Waals surface area contributed by atoms with Gasteiger partial charge in [0.25, 0.3) is 0 Å². The molecule has 1 fully saturated rings. The molecule has 0 aromatic carbocycles. The average Bonchev–Trinajstić information content (AvgIpc) is 2.85. The summed E-state index contributed by atoms with van der Waals surface area (Å²) >= 11 is 0. The summed E-state index contributed by atoms with van der Waals surface area (Å²) in [6.45, 7) is 12.6. The van der Waals surface area contributed by atoms with Gasteiger partial charge in [-0.1, -0.05) is 13.2 Å². The molecule has 6 nitrogen and oxygen atoms in total. The molecule has 0 amide bonds. The van der Waals surface area contributed by atoms with Crippen LogP contribution in [0.5, 0.6) is 0 Å². The fourth-order valence-corrected chi connectivity index (χ4v) is 3.71. The molecule has 0 radical (unpaired) electrons. The van der Waals surface area contributed by atoms with Crippen molar-refractivity contribution in [2.24, 2.45) is 5.92 Å². The molecule has 1 aliphatic rings. The van der Waals surface area contributed by atoms with Gasteiger partial charge >= 0.3 is 7.60 Å². The van der Waals surface area contributed by atoms with Crippen molar-refractivity contribution in [1.29, 1.82) is 0 Å². The van der Waals surface area contributed by atoms with E-state index in [4.69, 9.17) is 9.26 Å². The van der Waals surface area contributed by atoms with Crippen LogP contribution in [0.3, 0.4) is 0 Å². The highest BCUT2D eigenvalue weighted by atomic mass is 31.2. The van der Waals surface area contributed by atoms with Crippen LogP contribution in [0.4, 0.5) is 0 Å². The Labute approximate surface area is 139 Å². The van der Waals surface area contributed by atoms with E-state index in [1.807, 2.05) is 20.0 Å². The zero-order valence-corrected chi connectivity index (χ0v) is 15.3. The number of nitrogens with one attached hydrogen (secondary N) is 2. The third-order valence-corrected chi connectivity index (χ3v) is 4.81. The van der Waals surface area contributed by atoms with Crippen molar-refractivity contribution in [2.75, 3.05) is 13.8 Å². The standard InChI is InChI=1S/C16H29N2O4P/c1-7-17-10-11(2)12(3)18-14-8-15(16(9-14)21-5)13(4)22-23(6,19)20/h7,10,13-18H,1,3,8-9H2,2,4-6H3,(H,19,20)/b11-10-/t13-,14?,15?,16?/m1/s1. The largest absolute Gasteiger partial charge is 0.382 e. The van der Waals surface area contributed by atoms with Crippen molar-refractivity contribution in [3.8, 4) is 0 Å². The van der Waals surface area contributed by atoms with Crippen LogP contribution in [0.1, 0.15) is 26.7 Å². The number of ether oxygens (including phenoxy) is 1. The Morgan fingerprint density at radius 2 is 2.13 bits per heavy atom. The Kier molecular flexibility index (Phi) is 7.55. The van der Waals surface area contributed by atoms with Crippen LogP contribution < -0.4 is 10.6 Å². The lowest BCUT2D eigenvalue weighted by atomic mass is 10.00. The van der Waals surface area contributed by atoms with Gasteiger partial charge in [-0.05, 0) is 38.5 Å². The molecule has 0 aromatic rings. The minimum absolute atomic E-state index is 0.0163. The van der Waals surface area contributed by atoms with E-state index in [1.165, 1.54) is 6.66 Å². The normalized spacial score (nSPS) is 28.7. The van der Waals surface area contributed by atoms with Gasteiger partial charge in [-0.3, -0.25) is 4.57 Å². The predicted molar refractivity (Wildman–Crippen MR) is 93.0 cm³/mol. The van der Waals surface area contributed by atoms with E-state index in [0.717, 1.165) is 24.1 Å². The van der Waals surface area contributed by atoms with Gasteiger partial charge < -0.3 is 24.8 Å². The number of hydrogen-bond donors (Lipinski definition) is 3. The van der Waals surface area contributed by atoms with E-state index in [-0.39, 0.29) is 24.2 Å². The number of rotatable bonds is 9. The maximum Gasteiger partial charge on any atom is 0.325 e. The van der Waals surface area contributed by atoms with Crippen LogP contribution in [-0.4, -0.2) is 36.9 Å². The second kappa shape index (κ2) is 8.69. The van der Waals surface area contributed by atoms with Gasteiger partial charge in [0.1, 0.15) is 0 Å². The SMILES string of the molecule is C=CN/C=C(/C)C(=C)NC1CC(OC)C([C@@H](C)OP(C)(=O)O)C1. The van der Waals surface area contributed by atoms with Crippen LogP contribution in [0.2, 0.25) is 0 Å². The molecular formula is C16H29N2O4P. The fourth-order valence-electron chi connectivity index (χ4n) is 2.93. The summed E-state index contributed by atoms with van der Waals surface area (Å²) in [5.74, 6) is 0.0568. The molecule has 0 heterocycles. The van der Waals surface area contributed by atoms with E-state index < -0.39 is 7.60 Å². The lowest BCUT2D eigenvalue weighted by molar-refractivity contribution is 0.0187. The smallest absolute Gasteiger partial charge is 0.325 e. The summed E-state index contributed by atoms with van der Waals surface area (Å²) < 4.78 is 22.3. The Balaban J connectivity index is 2.66. The van der Waals surface area contributed by atoms with Crippen LogP contribution in [0.25, 0.3) is 0 Å². The molecule has 4 unspecified atom stereocenters. The van der Waals surface area contributed by atoms with Crippen molar-refractivity contribution >= 4 is 7.60 Å². The summed E-state index contributed by atoms with van der Waals surface area (Å²) in [6, 6.07) is 0.186. The zero-order chi connectivity index (χ0) is 17.6. The quantitative estimate of drug-likeness (QED) is 0.441. The first kappa shape index (κ1) is 20.0. The molecule has 0 aromatic heterocycles. The van der Waals surface area contributed by atoms with Gasteiger partial charge in [0, 0.05) is 37.6 Å². The monoisotopic (exact) mass is 344 g/mol. The Morgan fingerprint density at radius 1 is 1.48 bits per heavy atom. The average molecular weight is 344 g/mol. The molecule has 1 saturated carbocycles. The molecule has 132 valence electrons. The molecular weight excluding hydrogens is 315 g/mol. The van der Waals surface area contributed by atoms with Crippen molar-refractivity contribution < 1.29 is 18.7 Å². The van der Waals surface area contributed by atoms with Gasteiger partial charge in [0.05, 0.1) is 12.2 Å². The van der Waals surface area contributed by atoms with Gasteiger partial charge in [0.2, 0.25) is 0 Å². The van der Waals surface area contributed by atoms with E-state index in [2.05, 4.69) is 23.8 Å². The molecule has 0 saturated heterocycles. The number of allylic oxidation sites excluding steroid dienone is 1. The topological polar surface area (TPSA) is 79.8 Å². The highest BCUT2D eigenvalue weighted by Gasteiger charge is 2.39. The molecule has 3 N–H and O–H groups in total. The van der Waals surface area contributed by atoms with E-state index >= 15 is 0 Å². The van der Waals surface area contributed by atoms with Crippen molar-refractivity contribution in [1.82, 2.24) is 10.6 Å². The summed E-state index contributed by atoms with van der Waals surface area (Å²) in [7, 11) is -1.85. The first-order valence-electron chi connectivity index (χ1n) is 7.69. The highest BCUT2D eigenvalue weighted by molar-refractivity contribution is 7.51. The van der Waals surface area contributed by atoms with E-state index in [0.29, 0.717) is 0 Å². The third-order valence-electron chi connectivity index (χ3n) is 4.09. The number of hydrogen-bond acceptors (Lipinski definition) is 5. The lowest BCUT2D eigenvalue weighted by Crippen LogP contribution is -2.28. The van der Waals surface area contributed by atoms with Gasteiger partial charge in [-0.2, -0.15) is 0 Å². The number of methoxy groups -OCH3 is 1. The van der Waals surface area contributed by atoms with Crippen LogP contribution >= 0.6 is 7.60 Å². The molecule has 0 spiro atoms. The first-order valence-corrected chi connectivity index (χ1v) is 9.71. The molecule has 1 rings (SSSR count). The highest BCUT2D eigenvalue weighted by Crippen LogP contribution is 2.43. The minimum Gasteiger partial charge on any atom is -0.382 e. The second-order valence-corrected chi connectivity index (χ2v) is 7.86. The summed E-state index contributed by atoms with van der Waals surface area (Å²) in [5, 5.41) is 6.32. The third kappa shape index (κ3) is 6.51. The van der Waals surface area contributed by atoms with Crippen LogP contribution in [0.15, 0.2) is 36.8 Å². The zero-order valence-electron chi connectivity index (χ0n) is 14.4. The molecule has 7 heteroatoms. The van der Waals surface area contributed by atoms with Gasteiger partial charge in [0.15, 0.2) is 0 Å². The fraction of sp³-hybridized carbons (Fsp3) is 0.625. The molecule has 0 bridgehead atoms. The Hall–Kier alpha value is -1.07. The molecule has 5 atom stereocenters. The van der Waals surface area contributed by atoms with E-state index in [1.54, 1.807) is 13.3 Å². The summed E-state index contributed by atoms with van der Waals surface area (Å²) in [5.41, 5.74) is 1.82. The predicted octanol–water partition coefficient (Wildman–Crippen LogP) is 2.74.